The van der Waals surface area contributed by atoms with Crippen LogP contribution in [-0.2, 0) is 4.74 Å². The van der Waals surface area contributed by atoms with E-state index in [0.717, 1.165) is 0 Å². The van der Waals surface area contributed by atoms with Gasteiger partial charge >= 0.3 is 6.18 Å². The number of alkyl halides is 3. The van der Waals surface area contributed by atoms with E-state index in [4.69, 9.17) is 4.74 Å². The molecule has 1 nitrogen and oxygen atoms in total. The number of rotatable bonds is 5. The van der Waals surface area contributed by atoms with Crippen molar-refractivity contribution >= 4 is 0 Å². The third-order valence-electron chi connectivity index (χ3n) is 3.29. The molecule has 0 heterocycles. The molecule has 4 heteroatoms. The largest absolute Gasteiger partial charge is 0.398 e. The van der Waals surface area contributed by atoms with E-state index in [1.54, 1.807) is 55.5 Å². The van der Waals surface area contributed by atoms with Crippen LogP contribution in [0.25, 0.3) is 0 Å². The molecule has 2 rings (SSSR count). The molecule has 2 aromatic carbocycles. The van der Waals surface area contributed by atoms with Crippen molar-refractivity contribution in [3.05, 3.63) is 71.8 Å². The highest BCUT2D eigenvalue weighted by molar-refractivity contribution is 5.28. The summed E-state index contributed by atoms with van der Waals surface area (Å²) in [7, 11) is 0. The van der Waals surface area contributed by atoms with E-state index >= 15 is 0 Å². The van der Waals surface area contributed by atoms with Crippen molar-refractivity contribution in [2.45, 2.75) is 25.1 Å². The fraction of sp³-hybridized carbons (Fsp3) is 0.294. The summed E-state index contributed by atoms with van der Waals surface area (Å²) in [5.41, 5.74) is 0.748. The zero-order valence-corrected chi connectivity index (χ0v) is 11.7. The third kappa shape index (κ3) is 3.85. The highest BCUT2D eigenvalue weighted by atomic mass is 19.4. The highest BCUT2D eigenvalue weighted by Crippen LogP contribution is 2.45. The Bertz CT molecular complexity index is 537. The van der Waals surface area contributed by atoms with Crippen LogP contribution in [-0.4, -0.2) is 12.8 Å². The molecule has 0 amide bonds. The smallest absolute Gasteiger partial charge is 0.373 e. The monoisotopic (exact) mass is 294 g/mol. The summed E-state index contributed by atoms with van der Waals surface area (Å²) in [6, 6.07) is 16.5. The molecule has 0 saturated carbocycles. The SMILES string of the molecule is CCO[C@@H](c1ccccc1)[C@H](c1ccccc1)C(F)(F)F. The Morgan fingerprint density at radius 3 is 1.76 bits per heavy atom. The molecule has 0 fully saturated rings. The van der Waals surface area contributed by atoms with E-state index < -0.39 is 18.2 Å². The van der Waals surface area contributed by atoms with Gasteiger partial charge in [0.1, 0.15) is 5.92 Å². The standard InChI is InChI=1S/C17H17F3O/c1-2-21-16(14-11-7-4-8-12-14)15(17(18,19)20)13-9-5-3-6-10-13/h3-12,15-16H,2H2,1H3/t15-,16-/m0/s1. The van der Waals surface area contributed by atoms with E-state index in [9.17, 15) is 13.2 Å². The molecule has 0 unspecified atom stereocenters. The van der Waals surface area contributed by atoms with E-state index in [1.165, 1.54) is 12.1 Å². The number of halogens is 3. The first-order valence-electron chi connectivity index (χ1n) is 6.82. The van der Waals surface area contributed by atoms with Gasteiger partial charge in [0.05, 0.1) is 6.10 Å². The average molecular weight is 294 g/mol. The second-order valence-electron chi connectivity index (χ2n) is 4.72. The lowest BCUT2D eigenvalue weighted by Gasteiger charge is -2.29. The van der Waals surface area contributed by atoms with Crippen LogP contribution >= 0.6 is 0 Å². The van der Waals surface area contributed by atoms with Crippen LogP contribution < -0.4 is 0 Å². The average Bonchev–Trinajstić information content (AvgIpc) is 2.47. The first-order valence-corrected chi connectivity index (χ1v) is 6.82. The molecule has 0 saturated heterocycles. The Morgan fingerprint density at radius 1 is 0.857 bits per heavy atom. The number of hydrogen-bond acceptors (Lipinski definition) is 1. The molecule has 0 radical (unpaired) electrons. The van der Waals surface area contributed by atoms with Crippen LogP contribution in [0.3, 0.4) is 0 Å². The topological polar surface area (TPSA) is 9.23 Å². The quantitative estimate of drug-likeness (QED) is 0.744. The molecule has 0 aliphatic carbocycles. The minimum atomic E-state index is -4.38. The maximum absolute atomic E-state index is 13.6. The fourth-order valence-corrected chi connectivity index (χ4v) is 2.40. The summed E-state index contributed by atoms with van der Waals surface area (Å²) < 4.78 is 46.2. The van der Waals surface area contributed by atoms with Crippen LogP contribution in [0.4, 0.5) is 13.2 Å². The van der Waals surface area contributed by atoms with Gasteiger partial charge in [-0.05, 0) is 18.1 Å². The second-order valence-corrected chi connectivity index (χ2v) is 4.72. The van der Waals surface area contributed by atoms with E-state index in [2.05, 4.69) is 0 Å². The molecule has 0 aliphatic rings. The molecular weight excluding hydrogens is 277 g/mol. The van der Waals surface area contributed by atoms with Crippen molar-refractivity contribution in [3.8, 4) is 0 Å². The van der Waals surface area contributed by atoms with Crippen LogP contribution in [0.5, 0.6) is 0 Å². The predicted octanol–water partition coefficient (Wildman–Crippen LogP) is 5.11. The minimum Gasteiger partial charge on any atom is -0.373 e. The Labute approximate surface area is 122 Å². The molecule has 2 atom stereocenters. The zero-order valence-electron chi connectivity index (χ0n) is 11.7. The fourth-order valence-electron chi connectivity index (χ4n) is 2.40. The molecular formula is C17H17F3O. The number of hydrogen-bond donors (Lipinski definition) is 0. The molecule has 21 heavy (non-hydrogen) atoms. The van der Waals surface area contributed by atoms with E-state index in [0.29, 0.717) is 5.56 Å². The maximum Gasteiger partial charge on any atom is 0.398 e. The normalized spacial score (nSPS) is 14.7. The van der Waals surface area contributed by atoms with Gasteiger partial charge in [0, 0.05) is 6.61 Å². The summed E-state index contributed by atoms with van der Waals surface area (Å²) in [6.45, 7) is 1.92. The van der Waals surface area contributed by atoms with Crippen molar-refractivity contribution in [3.63, 3.8) is 0 Å². The lowest BCUT2D eigenvalue weighted by molar-refractivity contribution is -0.180. The van der Waals surface area contributed by atoms with Gasteiger partial charge in [-0.1, -0.05) is 60.7 Å². The van der Waals surface area contributed by atoms with Crippen molar-refractivity contribution in [1.29, 1.82) is 0 Å². The third-order valence-corrected chi connectivity index (χ3v) is 3.29. The highest BCUT2D eigenvalue weighted by Gasteiger charge is 2.46. The van der Waals surface area contributed by atoms with Crippen molar-refractivity contribution in [2.24, 2.45) is 0 Å². The van der Waals surface area contributed by atoms with Gasteiger partial charge in [0.25, 0.3) is 0 Å². The van der Waals surface area contributed by atoms with Crippen molar-refractivity contribution < 1.29 is 17.9 Å². The van der Waals surface area contributed by atoms with Crippen molar-refractivity contribution in [2.75, 3.05) is 6.61 Å². The lowest BCUT2D eigenvalue weighted by Crippen LogP contribution is -2.28. The van der Waals surface area contributed by atoms with Crippen LogP contribution in [0.1, 0.15) is 30.1 Å². The van der Waals surface area contributed by atoms with E-state index in [1.807, 2.05) is 0 Å². The van der Waals surface area contributed by atoms with Gasteiger partial charge in [-0.15, -0.1) is 0 Å². The zero-order chi connectivity index (χ0) is 15.3. The molecule has 0 N–H and O–H groups in total. The van der Waals surface area contributed by atoms with Gasteiger partial charge < -0.3 is 4.74 Å². The minimum absolute atomic E-state index is 0.215. The lowest BCUT2D eigenvalue weighted by atomic mass is 9.88. The maximum atomic E-state index is 13.6. The van der Waals surface area contributed by atoms with Crippen LogP contribution in [0.2, 0.25) is 0 Å². The number of ether oxygens (including phenoxy) is 1. The Kier molecular flexibility index (Phi) is 5.02. The van der Waals surface area contributed by atoms with Gasteiger partial charge in [-0.25, -0.2) is 0 Å². The molecule has 0 bridgehead atoms. The summed E-state index contributed by atoms with van der Waals surface area (Å²) in [5, 5.41) is 0. The first-order chi connectivity index (χ1) is 10.0. The van der Waals surface area contributed by atoms with Gasteiger partial charge in [-0.2, -0.15) is 13.2 Å². The van der Waals surface area contributed by atoms with E-state index in [-0.39, 0.29) is 12.2 Å². The summed E-state index contributed by atoms with van der Waals surface area (Å²) in [5.74, 6) is -1.68. The summed E-state index contributed by atoms with van der Waals surface area (Å²) >= 11 is 0. The molecule has 0 spiro atoms. The Hall–Kier alpha value is -1.81. The van der Waals surface area contributed by atoms with Crippen molar-refractivity contribution in [1.82, 2.24) is 0 Å². The summed E-state index contributed by atoms with van der Waals surface area (Å²) in [6.07, 6.45) is -5.42. The van der Waals surface area contributed by atoms with Crippen LogP contribution in [0, 0.1) is 0 Å². The summed E-state index contributed by atoms with van der Waals surface area (Å²) in [4.78, 5) is 0. The number of benzene rings is 2. The molecule has 2 aromatic rings. The molecule has 112 valence electrons. The van der Waals surface area contributed by atoms with Gasteiger partial charge in [0.2, 0.25) is 0 Å². The second kappa shape index (κ2) is 6.76. The van der Waals surface area contributed by atoms with Crippen LogP contribution in [0.15, 0.2) is 60.7 Å². The Morgan fingerprint density at radius 2 is 1.33 bits per heavy atom. The van der Waals surface area contributed by atoms with Gasteiger partial charge in [0.15, 0.2) is 0 Å². The van der Waals surface area contributed by atoms with Gasteiger partial charge in [-0.3, -0.25) is 0 Å². The first kappa shape index (κ1) is 15.6. The molecule has 0 aromatic heterocycles. The Balaban J connectivity index is 2.46. The predicted molar refractivity (Wildman–Crippen MR) is 76.0 cm³/mol. The molecule has 0 aliphatic heterocycles.